The quantitative estimate of drug-likeness (QED) is 0.699. The van der Waals surface area contributed by atoms with Gasteiger partial charge in [-0.2, -0.15) is 0 Å². The number of aromatic amines is 1. The summed E-state index contributed by atoms with van der Waals surface area (Å²) in [5.74, 6) is 0.773. The first-order valence-electron chi connectivity index (χ1n) is 10.3. The number of hydrogen-bond acceptors (Lipinski definition) is 4. The van der Waals surface area contributed by atoms with E-state index in [1.165, 1.54) is 11.1 Å². The molecule has 0 fully saturated rings. The van der Waals surface area contributed by atoms with Gasteiger partial charge in [0.1, 0.15) is 11.3 Å². The molecule has 2 aromatic carbocycles. The van der Waals surface area contributed by atoms with E-state index in [2.05, 4.69) is 46.3 Å². The maximum absolute atomic E-state index is 12.5. The van der Waals surface area contributed by atoms with Crippen molar-refractivity contribution in [3.05, 3.63) is 76.3 Å². The van der Waals surface area contributed by atoms with Gasteiger partial charge in [-0.1, -0.05) is 42.5 Å². The first-order chi connectivity index (χ1) is 14.1. The Balaban J connectivity index is 1.39. The van der Waals surface area contributed by atoms with Crippen LogP contribution < -0.4 is 10.5 Å². The zero-order chi connectivity index (χ0) is 20.2. The fraction of sp³-hybridized carbons (Fsp3) is 0.333. The minimum absolute atomic E-state index is 0.0536. The fourth-order valence-electron chi connectivity index (χ4n) is 3.97. The predicted molar refractivity (Wildman–Crippen MR) is 120 cm³/mol. The molecular formula is C24H28N4O. The molecule has 1 N–H and O–H groups in total. The number of anilines is 1. The lowest BCUT2D eigenvalue weighted by molar-refractivity contribution is 0.297. The van der Waals surface area contributed by atoms with Gasteiger partial charge in [-0.05, 0) is 42.7 Å². The number of nitrogens with zero attached hydrogens (tertiary/aromatic N) is 3. The number of hydrogen-bond donors (Lipinski definition) is 1. The van der Waals surface area contributed by atoms with Crippen molar-refractivity contribution in [1.29, 1.82) is 0 Å². The van der Waals surface area contributed by atoms with E-state index in [1.807, 2.05) is 37.2 Å². The van der Waals surface area contributed by atoms with Crippen molar-refractivity contribution in [2.45, 2.75) is 19.3 Å². The number of benzene rings is 2. The molecule has 3 aromatic rings. The van der Waals surface area contributed by atoms with Crippen LogP contribution in [0.2, 0.25) is 0 Å². The van der Waals surface area contributed by atoms with E-state index in [-0.39, 0.29) is 5.56 Å². The molecule has 2 heterocycles. The van der Waals surface area contributed by atoms with E-state index >= 15 is 0 Å². The molecule has 5 nitrogen and oxygen atoms in total. The highest BCUT2D eigenvalue weighted by atomic mass is 16.1. The van der Waals surface area contributed by atoms with Crippen molar-refractivity contribution >= 4 is 22.2 Å². The first kappa shape index (κ1) is 19.4. The van der Waals surface area contributed by atoms with Crippen LogP contribution in [0, 0.1) is 0 Å². The van der Waals surface area contributed by atoms with Crippen molar-refractivity contribution < 1.29 is 0 Å². The Bertz CT molecular complexity index is 1070. The molecule has 150 valence electrons. The average molecular weight is 389 g/mol. The van der Waals surface area contributed by atoms with Gasteiger partial charge < -0.3 is 9.88 Å². The second kappa shape index (κ2) is 8.62. The maximum atomic E-state index is 12.5. The zero-order valence-corrected chi connectivity index (χ0v) is 17.2. The molecule has 1 aromatic heterocycles. The Kier molecular flexibility index (Phi) is 5.76. The average Bonchev–Trinajstić information content (AvgIpc) is 2.74. The van der Waals surface area contributed by atoms with Crippen molar-refractivity contribution in [2.75, 3.05) is 38.6 Å². The number of rotatable bonds is 6. The lowest BCUT2D eigenvalue weighted by atomic mass is 9.99. The molecule has 0 radical (unpaired) electrons. The third kappa shape index (κ3) is 4.40. The molecule has 0 unspecified atom stereocenters. The summed E-state index contributed by atoms with van der Waals surface area (Å²) in [6.45, 7) is 3.07. The molecule has 29 heavy (non-hydrogen) atoms. The number of nitrogens with one attached hydrogen (secondary N) is 1. The molecule has 1 aliphatic rings. The van der Waals surface area contributed by atoms with Crippen molar-refractivity contribution in [2.24, 2.45) is 0 Å². The highest BCUT2D eigenvalue weighted by Crippen LogP contribution is 2.23. The molecule has 1 aliphatic heterocycles. The van der Waals surface area contributed by atoms with Crippen LogP contribution in [-0.4, -0.2) is 48.6 Å². The minimum Gasteiger partial charge on any atom is -0.376 e. The van der Waals surface area contributed by atoms with Crippen molar-refractivity contribution in [1.82, 2.24) is 14.9 Å². The number of fused-ring (bicyclic) bond motifs is 1. The molecular weight excluding hydrogens is 360 g/mol. The second-order valence-corrected chi connectivity index (χ2v) is 7.83. The van der Waals surface area contributed by atoms with E-state index in [1.54, 1.807) is 0 Å². The van der Waals surface area contributed by atoms with Gasteiger partial charge in [0.15, 0.2) is 0 Å². The van der Waals surface area contributed by atoms with Crippen LogP contribution in [0.4, 0.5) is 5.69 Å². The number of aromatic nitrogens is 2. The van der Waals surface area contributed by atoms with Crippen LogP contribution in [0.3, 0.4) is 0 Å². The summed E-state index contributed by atoms with van der Waals surface area (Å²) in [6.07, 6.45) is 5.19. The van der Waals surface area contributed by atoms with Gasteiger partial charge in [-0.25, -0.2) is 4.98 Å². The van der Waals surface area contributed by atoms with Crippen molar-refractivity contribution in [3.8, 4) is 0 Å². The van der Waals surface area contributed by atoms with Gasteiger partial charge in [-0.3, -0.25) is 9.69 Å². The molecule has 5 heteroatoms. The van der Waals surface area contributed by atoms with Crippen LogP contribution in [0.5, 0.6) is 0 Å². The summed E-state index contributed by atoms with van der Waals surface area (Å²) < 4.78 is 0. The monoisotopic (exact) mass is 388 g/mol. The summed E-state index contributed by atoms with van der Waals surface area (Å²) in [5, 5.41) is 0.648. The second-order valence-electron chi connectivity index (χ2n) is 7.83. The lowest BCUT2D eigenvalue weighted by Crippen LogP contribution is -2.30. The smallest absolute Gasteiger partial charge is 0.258 e. The number of para-hydroxylation sites is 1. The number of H-pyrrole nitrogens is 1. The summed E-state index contributed by atoms with van der Waals surface area (Å²) >= 11 is 0. The van der Waals surface area contributed by atoms with Crippen LogP contribution >= 0.6 is 0 Å². The molecule has 0 saturated carbocycles. The third-order valence-electron chi connectivity index (χ3n) is 5.57. The first-order valence-corrected chi connectivity index (χ1v) is 10.3. The lowest BCUT2D eigenvalue weighted by Gasteiger charge is -2.26. The highest BCUT2D eigenvalue weighted by molar-refractivity contribution is 5.90. The topological polar surface area (TPSA) is 52.2 Å². The van der Waals surface area contributed by atoms with Gasteiger partial charge in [0.25, 0.3) is 5.56 Å². The summed E-state index contributed by atoms with van der Waals surface area (Å²) in [4.78, 5) is 24.7. The molecule has 0 bridgehead atoms. The van der Waals surface area contributed by atoms with Crippen LogP contribution in [0.25, 0.3) is 16.5 Å². The van der Waals surface area contributed by atoms with E-state index in [9.17, 15) is 4.79 Å². The minimum atomic E-state index is -0.0536. The molecule has 0 aliphatic carbocycles. The molecule has 0 saturated heterocycles. The van der Waals surface area contributed by atoms with E-state index in [4.69, 9.17) is 4.98 Å². The highest BCUT2D eigenvalue weighted by Gasteiger charge is 2.13. The van der Waals surface area contributed by atoms with Gasteiger partial charge in [0.05, 0.1) is 11.1 Å². The summed E-state index contributed by atoms with van der Waals surface area (Å²) in [7, 11) is 3.95. The summed E-state index contributed by atoms with van der Waals surface area (Å²) in [6, 6.07) is 16.4. The summed E-state index contributed by atoms with van der Waals surface area (Å²) in [5.41, 5.74) is 4.48. The molecule has 0 atom stereocenters. The Hall–Kier alpha value is -2.92. The molecule has 0 spiro atoms. The van der Waals surface area contributed by atoms with E-state index in [0.717, 1.165) is 55.9 Å². The van der Waals surface area contributed by atoms with Crippen LogP contribution in [0.1, 0.15) is 24.2 Å². The maximum Gasteiger partial charge on any atom is 0.258 e. The van der Waals surface area contributed by atoms with E-state index < -0.39 is 0 Å². The Morgan fingerprint density at radius 1 is 1.10 bits per heavy atom. The largest absolute Gasteiger partial charge is 0.376 e. The molecule has 0 amide bonds. The standard InChI is InChI=1S/C24H28N4O/c1-27(2)21-11-6-10-20-23(21)25-22(26-24(20)29)12-7-15-28-16-13-19(14-17-28)18-8-4-3-5-9-18/h3-6,8-11,13H,7,12,14-17H2,1-2H3,(H,25,26,29). The normalized spacial score (nSPS) is 14.8. The van der Waals surface area contributed by atoms with Gasteiger partial charge in [0.2, 0.25) is 0 Å². The van der Waals surface area contributed by atoms with Crippen LogP contribution in [-0.2, 0) is 6.42 Å². The third-order valence-corrected chi connectivity index (χ3v) is 5.57. The van der Waals surface area contributed by atoms with Gasteiger partial charge >= 0.3 is 0 Å². The Morgan fingerprint density at radius 2 is 1.93 bits per heavy atom. The fourth-order valence-corrected chi connectivity index (χ4v) is 3.97. The SMILES string of the molecule is CN(C)c1cccc2c(=O)[nH]c(CCCN3CC=C(c4ccccc4)CC3)nc12. The van der Waals surface area contributed by atoms with Gasteiger partial charge in [0, 0.05) is 33.6 Å². The van der Waals surface area contributed by atoms with E-state index in [0.29, 0.717) is 5.39 Å². The zero-order valence-electron chi connectivity index (χ0n) is 17.2. The predicted octanol–water partition coefficient (Wildman–Crippen LogP) is 3.71. The van der Waals surface area contributed by atoms with Crippen molar-refractivity contribution in [3.63, 3.8) is 0 Å². The van der Waals surface area contributed by atoms with Gasteiger partial charge in [-0.15, -0.1) is 0 Å². The molecule has 4 rings (SSSR count). The van der Waals surface area contributed by atoms with Crippen LogP contribution in [0.15, 0.2) is 59.4 Å². The Morgan fingerprint density at radius 3 is 2.66 bits per heavy atom. The number of aryl methyl sites for hydroxylation is 1. The Labute approximate surface area is 171 Å².